The van der Waals surface area contributed by atoms with Crippen LogP contribution in [0.3, 0.4) is 0 Å². The molecule has 6 heteroatoms. The Hall–Kier alpha value is -2.81. The molecule has 1 heterocycles. The Labute approximate surface area is 189 Å². The smallest absolute Gasteiger partial charge is 0.244 e. The first kappa shape index (κ1) is 22.9. The topological polar surface area (TPSA) is 65.4 Å². The zero-order valence-electron chi connectivity index (χ0n) is 17.8. The SMILES string of the molecule is COc1ccc(C#N)cc1/C=C/C(=O)NCCN1CCC(Cc2ccc(Cl)cc2)CC1. The van der Waals surface area contributed by atoms with Crippen LogP contribution in [0.5, 0.6) is 5.75 Å². The standard InChI is InChI=1S/C25H28ClN3O2/c1-31-24-8-4-21(18-27)17-22(24)5-9-25(30)28-12-15-29-13-10-20(11-14-29)16-19-2-6-23(26)7-3-19/h2-9,17,20H,10-16H2,1H3,(H,28,30)/b9-5+. The van der Waals surface area contributed by atoms with Crippen LogP contribution in [-0.2, 0) is 11.2 Å². The highest BCUT2D eigenvalue weighted by molar-refractivity contribution is 6.30. The number of nitrogens with zero attached hydrogens (tertiary/aromatic N) is 2. The number of hydrogen-bond donors (Lipinski definition) is 1. The fourth-order valence-corrected chi connectivity index (χ4v) is 3.99. The summed E-state index contributed by atoms with van der Waals surface area (Å²) in [4.78, 5) is 14.6. The molecule has 1 aliphatic rings. The predicted octanol–water partition coefficient (Wildman–Crippen LogP) is 4.30. The van der Waals surface area contributed by atoms with Crippen molar-refractivity contribution in [1.82, 2.24) is 10.2 Å². The van der Waals surface area contributed by atoms with Crippen molar-refractivity contribution in [3.05, 3.63) is 70.3 Å². The number of hydrogen-bond acceptors (Lipinski definition) is 4. The maximum absolute atomic E-state index is 12.2. The van der Waals surface area contributed by atoms with Crippen molar-refractivity contribution in [3.8, 4) is 11.8 Å². The average molecular weight is 438 g/mol. The molecule has 1 fully saturated rings. The molecule has 1 saturated heterocycles. The van der Waals surface area contributed by atoms with E-state index < -0.39 is 0 Å². The van der Waals surface area contributed by atoms with Crippen molar-refractivity contribution in [2.75, 3.05) is 33.3 Å². The fourth-order valence-electron chi connectivity index (χ4n) is 3.86. The molecule has 1 aliphatic heterocycles. The van der Waals surface area contributed by atoms with Gasteiger partial charge in [-0.3, -0.25) is 4.79 Å². The number of rotatable bonds is 8. The van der Waals surface area contributed by atoms with E-state index in [4.69, 9.17) is 21.6 Å². The van der Waals surface area contributed by atoms with Gasteiger partial charge >= 0.3 is 0 Å². The second-order valence-corrected chi connectivity index (χ2v) is 8.24. The Balaban J connectivity index is 1.38. The van der Waals surface area contributed by atoms with E-state index in [1.807, 2.05) is 12.1 Å². The zero-order chi connectivity index (χ0) is 22.1. The second-order valence-electron chi connectivity index (χ2n) is 7.81. The third-order valence-electron chi connectivity index (χ3n) is 5.65. The van der Waals surface area contributed by atoms with Crippen LogP contribution in [0.15, 0.2) is 48.5 Å². The van der Waals surface area contributed by atoms with E-state index in [1.165, 1.54) is 24.5 Å². The molecular formula is C25H28ClN3O2. The van der Waals surface area contributed by atoms with Gasteiger partial charge in [0.15, 0.2) is 0 Å². The Morgan fingerprint density at radius 1 is 1.26 bits per heavy atom. The first-order valence-electron chi connectivity index (χ1n) is 10.6. The minimum Gasteiger partial charge on any atom is -0.496 e. The van der Waals surface area contributed by atoms with Crippen LogP contribution in [0, 0.1) is 17.2 Å². The van der Waals surface area contributed by atoms with Crippen molar-refractivity contribution < 1.29 is 9.53 Å². The van der Waals surface area contributed by atoms with Gasteiger partial charge in [-0.05, 0) is 80.2 Å². The number of benzene rings is 2. The molecule has 0 spiro atoms. The maximum Gasteiger partial charge on any atom is 0.244 e. The first-order chi connectivity index (χ1) is 15.1. The molecule has 0 aliphatic carbocycles. The number of halogens is 1. The molecule has 0 radical (unpaired) electrons. The lowest BCUT2D eigenvalue weighted by molar-refractivity contribution is -0.116. The van der Waals surface area contributed by atoms with Gasteiger partial charge in [0.2, 0.25) is 5.91 Å². The Bertz CT molecular complexity index is 942. The third kappa shape index (κ3) is 7.13. The third-order valence-corrected chi connectivity index (χ3v) is 5.90. The van der Waals surface area contributed by atoms with Crippen molar-refractivity contribution in [2.45, 2.75) is 19.3 Å². The molecule has 0 atom stereocenters. The molecule has 2 aromatic rings. The Morgan fingerprint density at radius 3 is 2.68 bits per heavy atom. The lowest BCUT2D eigenvalue weighted by atomic mass is 9.90. The van der Waals surface area contributed by atoms with Crippen molar-refractivity contribution >= 4 is 23.6 Å². The Morgan fingerprint density at radius 2 is 2.00 bits per heavy atom. The number of ether oxygens (including phenoxy) is 1. The summed E-state index contributed by atoms with van der Waals surface area (Å²) in [5.74, 6) is 1.18. The van der Waals surface area contributed by atoms with Gasteiger partial charge in [-0.2, -0.15) is 5.26 Å². The lowest BCUT2D eigenvalue weighted by Gasteiger charge is -2.32. The second kappa shape index (κ2) is 11.5. The number of likely N-dealkylation sites (tertiary alicyclic amines) is 1. The molecular weight excluding hydrogens is 410 g/mol. The van der Waals surface area contributed by atoms with Crippen LogP contribution in [0.1, 0.15) is 29.5 Å². The minimum absolute atomic E-state index is 0.151. The number of methoxy groups -OCH3 is 1. The molecule has 0 saturated carbocycles. The highest BCUT2D eigenvalue weighted by Gasteiger charge is 2.19. The van der Waals surface area contributed by atoms with E-state index >= 15 is 0 Å². The van der Waals surface area contributed by atoms with Crippen molar-refractivity contribution in [3.63, 3.8) is 0 Å². The molecule has 5 nitrogen and oxygen atoms in total. The van der Waals surface area contributed by atoms with Gasteiger partial charge in [0.05, 0.1) is 18.7 Å². The van der Waals surface area contributed by atoms with E-state index in [2.05, 4.69) is 28.4 Å². The minimum atomic E-state index is -0.151. The number of nitriles is 1. The number of piperidine rings is 1. The van der Waals surface area contributed by atoms with Gasteiger partial charge < -0.3 is 15.0 Å². The molecule has 0 unspecified atom stereocenters. The average Bonchev–Trinajstić information content (AvgIpc) is 2.80. The summed E-state index contributed by atoms with van der Waals surface area (Å²) in [7, 11) is 1.57. The summed E-state index contributed by atoms with van der Waals surface area (Å²) in [5, 5.41) is 12.8. The van der Waals surface area contributed by atoms with E-state index in [0.717, 1.165) is 31.1 Å². The van der Waals surface area contributed by atoms with Gasteiger partial charge in [0.1, 0.15) is 5.75 Å². The quantitative estimate of drug-likeness (QED) is 0.625. The van der Waals surface area contributed by atoms with E-state index in [-0.39, 0.29) is 5.91 Å². The molecule has 0 aromatic heterocycles. The van der Waals surface area contributed by atoms with Crippen molar-refractivity contribution in [2.24, 2.45) is 5.92 Å². The number of nitrogens with one attached hydrogen (secondary N) is 1. The van der Waals surface area contributed by atoms with Gasteiger partial charge in [0.25, 0.3) is 0 Å². The molecule has 1 amide bonds. The van der Waals surface area contributed by atoms with E-state index in [0.29, 0.717) is 29.3 Å². The van der Waals surface area contributed by atoms with Crippen molar-refractivity contribution in [1.29, 1.82) is 5.26 Å². The monoisotopic (exact) mass is 437 g/mol. The molecule has 1 N–H and O–H groups in total. The van der Waals surface area contributed by atoms with Crippen LogP contribution in [0.2, 0.25) is 5.02 Å². The van der Waals surface area contributed by atoms with Crippen LogP contribution in [-0.4, -0.2) is 44.1 Å². The fraction of sp³-hybridized carbons (Fsp3) is 0.360. The molecule has 3 rings (SSSR count). The zero-order valence-corrected chi connectivity index (χ0v) is 18.6. The summed E-state index contributed by atoms with van der Waals surface area (Å²) >= 11 is 5.96. The molecule has 2 aromatic carbocycles. The van der Waals surface area contributed by atoms with Gasteiger partial charge in [-0.25, -0.2) is 0 Å². The largest absolute Gasteiger partial charge is 0.496 e. The maximum atomic E-state index is 12.2. The molecule has 162 valence electrons. The first-order valence-corrected chi connectivity index (χ1v) is 11.0. The summed E-state index contributed by atoms with van der Waals surface area (Å²) in [6.45, 7) is 3.57. The van der Waals surface area contributed by atoms with Crippen LogP contribution < -0.4 is 10.1 Å². The Kier molecular flexibility index (Phi) is 8.52. The number of carbonyl (C=O) groups is 1. The highest BCUT2D eigenvalue weighted by Crippen LogP contribution is 2.23. The van der Waals surface area contributed by atoms with Gasteiger partial charge in [-0.15, -0.1) is 0 Å². The normalized spacial score (nSPS) is 15.0. The molecule has 31 heavy (non-hydrogen) atoms. The summed E-state index contributed by atoms with van der Waals surface area (Å²) in [5.41, 5.74) is 2.58. The summed E-state index contributed by atoms with van der Waals surface area (Å²) in [6.07, 6.45) is 6.61. The van der Waals surface area contributed by atoms with Crippen LogP contribution in [0.25, 0.3) is 6.08 Å². The predicted molar refractivity (Wildman–Crippen MR) is 124 cm³/mol. The highest BCUT2D eigenvalue weighted by atomic mass is 35.5. The summed E-state index contributed by atoms with van der Waals surface area (Å²) < 4.78 is 5.28. The molecule has 0 bridgehead atoms. The van der Waals surface area contributed by atoms with E-state index in [1.54, 1.807) is 31.4 Å². The summed E-state index contributed by atoms with van der Waals surface area (Å²) in [6, 6.07) is 15.4. The van der Waals surface area contributed by atoms with Gasteiger partial charge in [-0.1, -0.05) is 23.7 Å². The van der Waals surface area contributed by atoms with Crippen LogP contribution in [0.4, 0.5) is 0 Å². The van der Waals surface area contributed by atoms with Crippen LogP contribution >= 0.6 is 11.6 Å². The van der Waals surface area contributed by atoms with Gasteiger partial charge in [0, 0.05) is 29.8 Å². The number of amides is 1. The number of carbonyl (C=O) groups excluding carboxylic acids is 1. The lowest BCUT2D eigenvalue weighted by Crippen LogP contribution is -2.39. The van der Waals surface area contributed by atoms with E-state index in [9.17, 15) is 4.79 Å².